The normalized spacial score (nSPS) is 18.7. The van der Waals surface area contributed by atoms with E-state index in [1.807, 2.05) is 6.07 Å². The minimum atomic E-state index is -0.836. The van der Waals surface area contributed by atoms with E-state index in [9.17, 15) is 9.50 Å². The van der Waals surface area contributed by atoms with Crippen LogP contribution in [0.5, 0.6) is 0 Å². The summed E-state index contributed by atoms with van der Waals surface area (Å²) in [5.74, 6) is 6.88. The second-order valence-corrected chi connectivity index (χ2v) is 9.88. The number of allylic oxidation sites excluding steroid dienone is 1. The third-order valence-electron chi connectivity index (χ3n) is 6.25. The molecular weight excluding hydrogens is 461 g/mol. The lowest BCUT2D eigenvalue weighted by atomic mass is 9.94. The lowest BCUT2D eigenvalue weighted by Crippen LogP contribution is -2.31. The molecule has 1 aliphatic carbocycles. The summed E-state index contributed by atoms with van der Waals surface area (Å²) in [6.07, 6.45) is 8.99. The van der Waals surface area contributed by atoms with Gasteiger partial charge in [0.05, 0.1) is 34.9 Å². The molecule has 0 aromatic carbocycles. The van der Waals surface area contributed by atoms with Gasteiger partial charge in [-0.15, -0.1) is 0 Å². The Morgan fingerprint density at radius 3 is 2.72 bits per heavy atom. The van der Waals surface area contributed by atoms with Crippen molar-refractivity contribution >= 4 is 22.4 Å². The molecule has 1 saturated carbocycles. The van der Waals surface area contributed by atoms with Crippen molar-refractivity contribution in [1.82, 2.24) is 19.7 Å². The van der Waals surface area contributed by atoms with Crippen LogP contribution >= 0.6 is 0 Å². The van der Waals surface area contributed by atoms with Gasteiger partial charge >= 0.3 is 0 Å². The predicted molar refractivity (Wildman–Crippen MR) is 137 cm³/mol. The number of halogens is 1. The highest BCUT2D eigenvalue weighted by Gasteiger charge is 2.23. The number of nitriles is 1. The van der Waals surface area contributed by atoms with Gasteiger partial charge in [0.2, 0.25) is 0 Å². The highest BCUT2D eigenvalue weighted by molar-refractivity contribution is 5.78. The molecule has 0 saturated heterocycles. The number of hydrazine groups is 1. The summed E-state index contributed by atoms with van der Waals surface area (Å²) in [7, 11) is 0. The van der Waals surface area contributed by atoms with E-state index in [2.05, 4.69) is 26.5 Å². The number of hydrogen-bond donors (Lipinski definition) is 4. The zero-order valence-electron chi connectivity index (χ0n) is 20.5. The van der Waals surface area contributed by atoms with Crippen LogP contribution in [0.1, 0.15) is 57.9 Å². The molecular formula is C25H32FN9O. The van der Waals surface area contributed by atoms with Crippen LogP contribution in [0.25, 0.3) is 16.9 Å². The summed E-state index contributed by atoms with van der Waals surface area (Å²) < 4.78 is 15.3. The van der Waals surface area contributed by atoms with Gasteiger partial charge in [-0.25, -0.2) is 20.2 Å². The van der Waals surface area contributed by atoms with Gasteiger partial charge in [-0.05, 0) is 58.4 Å². The highest BCUT2D eigenvalue weighted by atomic mass is 19.1. The first-order chi connectivity index (χ1) is 17.1. The number of aliphatic hydroxyl groups is 1. The Labute approximate surface area is 209 Å². The molecule has 0 atom stereocenters. The minimum Gasteiger partial charge on any atom is -0.401 e. The van der Waals surface area contributed by atoms with Gasteiger partial charge in [0, 0.05) is 35.6 Å². The predicted octanol–water partition coefficient (Wildman–Crippen LogP) is 3.41. The first-order valence-corrected chi connectivity index (χ1v) is 12.0. The van der Waals surface area contributed by atoms with Gasteiger partial charge in [0.15, 0.2) is 11.5 Å². The summed E-state index contributed by atoms with van der Waals surface area (Å²) in [6.45, 7) is 3.46. The van der Waals surface area contributed by atoms with E-state index < -0.39 is 11.8 Å². The van der Waals surface area contributed by atoms with Crippen molar-refractivity contribution < 1.29 is 9.50 Å². The Bertz CT molecular complexity index is 1280. The van der Waals surface area contributed by atoms with E-state index in [0.29, 0.717) is 72.6 Å². The molecule has 1 fully saturated rings. The van der Waals surface area contributed by atoms with Gasteiger partial charge in [0.25, 0.3) is 0 Å². The van der Waals surface area contributed by atoms with Gasteiger partial charge < -0.3 is 16.2 Å². The van der Waals surface area contributed by atoms with E-state index >= 15 is 0 Å². The van der Waals surface area contributed by atoms with E-state index in [-0.39, 0.29) is 6.04 Å². The molecule has 36 heavy (non-hydrogen) atoms. The Balaban J connectivity index is 1.66. The maximum Gasteiger partial charge on any atom is 0.164 e. The van der Waals surface area contributed by atoms with Crippen LogP contribution in [0.2, 0.25) is 0 Å². The molecule has 3 aromatic heterocycles. The van der Waals surface area contributed by atoms with Gasteiger partial charge in [-0.2, -0.15) is 15.0 Å². The van der Waals surface area contributed by atoms with Crippen LogP contribution < -0.4 is 21.9 Å². The number of anilines is 2. The number of aromatic nitrogens is 4. The van der Waals surface area contributed by atoms with Crippen molar-refractivity contribution in [1.29, 1.82) is 5.26 Å². The van der Waals surface area contributed by atoms with E-state index in [1.165, 1.54) is 11.2 Å². The number of hydrogen-bond acceptors (Lipinski definition) is 9. The Hall–Kier alpha value is -3.75. The van der Waals surface area contributed by atoms with E-state index in [4.69, 9.17) is 16.8 Å². The SMILES string of the molecule is CC(C)(O)CC/C(N)=C/N(N)c1cnc(-n2ncc3cc(C#N)cnc32)cc1NC1CCC(F)CC1. The van der Waals surface area contributed by atoms with Gasteiger partial charge in [0.1, 0.15) is 12.2 Å². The van der Waals surface area contributed by atoms with Crippen LogP contribution in [0.4, 0.5) is 15.8 Å². The molecule has 0 spiro atoms. The van der Waals surface area contributed by atoms with Gasteiger partial charge in [-0.1, -0.05) is 0 Å². The molecule has 3 heterocycles. The summed E-state index contributed by atoms with van der Waals surface area (Å²) in [4.78, 5) is 8.93. The number of alkyl halides is 1. The average Bonchev–Trinajstić information content (AvgIpc) is 3.27. The molecule has 4 rings (SSSR count). The van der Waals surface area contributed by atoms with Crippen LogP contribution in [-0.4, -0.2) is 42.7 Å². The molecule has 3 aromatic rings. The third kappa shape index (κ3) is 6.08. The fourth-order valence-corrected chi connectivity index (χ4v) is 4.20. The topological polar surface area (TPSA) is 155 Å². The molecule has 0 bridgehead atoms. The van der Waals surface area contributed by atoms with Gasteiger partial charge in [-0.3, -0.25) is 5.01 Å². The first-order valence-electron chi connectivity index (χ1n) is 12.0. The molecule has 0 aliphatic heterocycles. The van der Waals surface area contributed by atoms with Crippen molar-refractivity contribution in [3.05, 3.63) is 48.2 Å². The number of nitrogens with one attached hydrogen (secondary N) is 1. The van der Waals surface area contributed by atoms with Crippen molar-refractivity contribution in [3.8, 4) is 11.9 Å². The first kappa shape index (κ1) is 25.3. The molecule has 0 amide bonds. The quantitative estimate of drug-likeness (QED) is 0.273. The smallest absolute Gasteiger partial charge is 0.164 e. The number of fused-ring (bicyclic) bond motifs is 1. The summed E-state index contributed by atoms with van der Waals surface area (Å²) >= 11 is 0. The molecule has 190 valence electrons. The lowest BCUT2D eigenvalue weighted by molar-refractivity contribution is 0.0712. The van der Waals surface area contributed by atoms with Crippen LogP contribution in [0, 0.1) is 11.3 Å². The average molecular weight is 494 g/mol. The number of nitrogens with zero attached hydrogens (tertiary/aromatic N) is 6. The second-order valence-electron chi connectivity index (χ2n) is 9.88. The third-order valence-corrected chi connectivity index (χ3v) is 6.25. The van der Waals surface area contributed by atoms with Crippen LogP contribution in [0.15, 0.2) is 42.6 Å². The standard InChI is InChI=1S/C25H32FN9O/c1-25(2,36)8-7-19(28)15-34(29)22-14-30-23(10-21(22)33-20-5-3-18(26)4-6-20)35-24-17(13-32-35)9-16(11-27)12-31-24/h9-10,12-15,18,20,36H,3-8,28-29H2,1-2H3,(H,30,33)/b19-15-. The fourth-order valence-electron chi connectivity index (χ4n) is 4.20. The van der Waals surface area contributed by atoms with Crippen LogP contribution in [0.3, 0.4) is 0 Å². The molecule has 0 unspecified atom stereocenters. The largest absolute Gasteiger partial charge is 0.401 e. The maximum absolute atomic E-state index is 13.7. The molecule has 11 heteroatoms. The van der Waals surface area contributed by atoms with Crippen molar-refractivity contribution in [2.75, 3.05) is 10.3 Å². The second kappa shape index (κ2) is 10.5. The minimum absolute atomic E-state index is 0.0848. The molecule has 6 N–H and O–H groups in total. The molecule has 0 radical (unpaired) electrons. The number of pyridine rings is 2. The van der Waals surface area contributed by atoms with Crippen molar-refractivity contribution in [2.45, 2.75) is 70.2 Å². The summed E-state index contributed by atoms with van der Waals surface area (Å²) in [5, 5.41) is 29.2. The van der Waals surface area contributed by atoms with Crippen molar-refractivity contribution in [3.63, 3.8) is 0 Å². The zero-order valence-corrected chi connectivity index (χ0v) is 20.5. The Morgan fingerprint density at radius 1 is 1.28 bits per heavy atom. The lowest BCUT2D eigenvalue weighted by Gasteiger charge is -2.28. The molecule has 10 nitrogen and oxygen atoms in total. The van der Waals surface area contributed by atoms with Crippen molar-refractivity contribution in [2.24, 2.45) is 11.6 Å². The Morgan fingerprint density at radius 2 is 2.03 bits per heavy atom. The summed E-state index contributed by atoms with van der Waals surface area (Å²) in [6, 6.07) is 5.71. The summed E-state index contributed by atoms with van der Waals surface area (Å²) in [5.41, 5.74) is 8.15. The number of rotatable bonds is 8. The van der Waals surface area contributed by atoms with E-state index in [0.717, 1.165) is 5.39 Å². The van der Waals surface area contributed by atoms with Crippen LogP contribution in [-0.2, 0) is 0 Å². The monoisotopic (exact) mass is 493 g/mol. The number of nitrogens with two attached hydrogens (primary N) is 2. The Kier molecular flexibility index (Phi) is 7.37. The fraction of sp³-hybridized carbons (Fsp3) is 0.440. The van der Waals surface area contributed by atoms with E-state index in [1.54, 1.807) is 43.2 Å². The maximum atomic E-state index is 13.7. The zero-order chi connectivity index (χ0) is 25.9. The highest BCUT2D eigenvalue weighted by Crippen LogP contribution is 2.31. The molecule has 1 aliphatic rings.